The molecule has 1 saturated carbocycles. The minimum atomic E-state index is -0.434. The monoisotopic (exact) mass is 347 g/mol. The van der Waals surface area contributed by atoms with Crippen LogP contribution in [0.2, 0.25) is 5.02 Å². The third-order valence-electron chi connectivity index (χ3n) is 4.47. The van der Waals surface area contributed by atoms with Crippen LogP contribution in [0, 0.1) is 11.7 Å². The molecule has 0 aromatic heterocycles. The summed E-state index contributed by atoms with van der Waals surface area (Å²) in [5.41, 5.74) is 1.72. The molecule has 1 amide bonds. The number of rotatable bonds is 5. The molecule has 126 valence electrons. The van der Waals surface area contributed by atoms with Gasteiger partial charge in [0.05, 0.1) is 13.2 Å². The van der Waals surface area contributed by atoms with Gasteiger partial charge < -0.3 is 10.1 Å². The Morgan fingerprint density at radius 2 is 2.08 bits per heavy atom. The zero-order valence-electron chi connectivity index (χ0n) is 13.6. The normalized spacial score (nSPS) is 20.3. The van der Waals surface area contributed by atoms with Crippen molar-refractivity contribution < 1.29 is 13.9 Å². The van der Waals surface area contributed by atoms with E-state index in [2.05, 4.69) is 5.32 Å². The number of nitrogens with one attached hydrogen (secondary N) is 1. The summed E-state index contributed by atoms with van der Waals surface area (Å²) >= 11 is 6.19. The molecule has 0 aliphatic heterocycles. The van der Waals surface area contributed by atoms with Crippen molar-refractivity contribution in [3.8, 4) is 5.75 Å². The van der Waals surface area contributed by atoms with E-state index in [4.69, 9.17) is 16.3 Å². The van der Waals surface area contributed by atoms with Crippen molar-refractivity contribution in [1.82, 2.24) is 5.32 Å². The molecule has 3 nitrogen and oxygen atoms in total. The Labute approximate surface area is 145 Å². The molecule has 2 aromatic carbocycles. The molecule has 0 spiro atoms. The molecule has 3 atom stereocenters. The first-order chi connectivity index (χ1) is 11.5. The van der Waals surface area contributed by atoms with Gasteiger partial charge in [0.1, 0.15) is 0 Å². The SMILES string of the molecule is COc1ccc(C(C)NC(=O)C2CC2c2ccccc2Cl)cc1F. The van der Waals surface area contributed by atoms with Gasteiger partial charge in [-0.05, 0) is 48.6 Å². The molecule has 2 aromatic rings. The van der Waals surface area contributed by atoms with E-state index in [0.717, 1.165) is 12.0 Å². The van der Waals surface area contributed by atoms with Crippen molar-refractivity contribution >= 4 is 17.5 Å². The van der Waals surface area contributed by atoms with Crippen LogP contribution < -0.4 is 10.1 Å². The zero-order valence-corrected chi connectivity index (χ0v) is 14.3. The van der Waals surface area contributed by atoms with Gasteiger partial charge >= 0.3 is 0 Å². The minimum absolute atomic E-state index is 0.0244. The second-order valence-electron chi connectivity index (χ2n) is 6.09. The Hall–Kier alpha value is -2.07. The largest absolute Gasteiger partial charge is 0.494 e. The Balaban J connectivity index is 1.63. The smallest absolute Gasteiger partial charge is 0.224 e. The maximum Gasteiger partial charge on any atom is 0.224 e. The van der Waals surface area contributed by atoms with E-state index in [1.54, 1.807) is 12.1 Å². The number of methoxy groups -OCH3 is 1. The summed E-state index contributed by atoms with van der Waals surface area (Å²) < 4.78 is 18.7. The number of carbonyl (C=O) groups excluding carboxylic acids is 1. The number of carbonyl (C=O) groups is 1. The Morgan fingerprint density at radius 3 is 2.75 bits per heavy atom. The van der Waals surface area contributed by atoms with Gasteiger partial charge in [0, 0.05) is 10.9 Å². The summed E-state index contributed by atoms with van der Waals surface area (Å²) in [6.45, 7) is 1.84. The first-order valence-corrected chi connectivity index (χ1v) is 8.27. The van der Waals surface area contributed by atoms with Crippen molar-refractivity contribution in [3.05, 3.63) is 64.4 Å². The second kappa shape index (κ2) is 6.81. The highest BCUT2D eigenvalue weighted by atomic mass is 35.5. The fourth-order valence-corrected chi connectivity index (χ4v) is 3.24. The van der Waals surface area contributed by atoms with E-state index in [0.29, 0.717) is 10.6 Å². The molecule has 1 aliphatic carbocycles. The lowest BCUT2D eigenvalue weighted by Gasteiger charge is -2.15. The number of hydrogen-bond acceptors (Lipinski definition) is 2. The topological polar surface area (TPSA) is 38.3 Å². The van der Waals surface area contributed by atoms with Gasteiger partial charge in [0.15, 0.2) is 11.6 Å². The van der Waals surface area contributed by atoms with E-state index in [1.165, 1.54) is 13.2 Å². The highest BCUT2D eigenvalue weighted by Crippen LogP contribution is 2.49. The van der Waals surface area contributed by atoms with Gasteiger partial charge in [-0.15, -0.1) is 0 Å². The third-order valence-corrected chi connectivity index (χ3v) is 4.81. The lowest BCUT2D eigenvalue weighted by molar-refractivity contribution is -0.123. The second-order valence-corrected chi connectivity index (χ2v) is 6.50. The van der Waals surface area contributed by atoms with E-state index >= 15 is 0 Å². The minimum Gasteiger partial charge on any atom is -0.494 e. The van der Waals surface area contributed by atoms with Gasteiger partial charge in [-0.3, -0.25) is 4.79 Å². The summed E-state index contributed by atoms with van der Waals surface area (Å²) in [6, 6.07) is 12.0. The number of halogens is 2. The molecule has 0 bridgehead atoms. The van der Waals surface area contributed by atoms with Crippen LogP contribution in [0.5, 0.6) is 5.75 Å². The van der Waals surface area contributed by atoms with Crippen LogP contribution in [-0.2, 0) is 4.79 Å². The fourth-order valence-electron chi connectivity index (χ4n) is 2.96. The molecular formula is C19H19ClFNO2. The highest BCUT2D eigenvalue weighted by Gasteiger charge is 2.45. The number of benzene rings is 2. The maximum absolute atomic E-state index is 13.8. The van der Waals surface area contributed by atoms with Gasteiger partial charge in [-0.2, -0.15) is 0 Å². The molecule has 24 heavy (non-hydrogen) atoms. The first-order valence-electron chi connectivity index (χ1n) is 7.89. The standard InChI is InChI=1S/C19H19ClFNO2/c1-11(12-7-8-18(24-2)17(21)9-12)22-19(23)15-10-14(15)13-5-3-4-6-16(13)20/h3-9,11,14-15H,10H2,1-2H3,(H,22,23). The van der Waals surface area contributed by atoms with E-state index < -0.39 is 5.82 Å². The van der Waals surface area contributed by atoms with Gasteiger partial charge in [0.2, 0.25) is 5.91 Å². The average molecular weight is 348 g/mol. The summed E-state index contributed by atoms with van der Waals surface area (Å²) in [4.78, 5) is 12.4. The predicted molar refractivity (Wildman–Crippen MR) is 91.8 cm³/mol. The Bertz CT molecular complexity index is 765. The fraction of sp³-hybridized carbons (Fsp3) is 0.316. The van der Waals surface area contributed by atoms with Crippen molar-refractivity contribution in [1.29, 1.82) is 0 Å². The summed E-state index contributed by atoms with van der Waals surface area (Å²) in [6.07, 6.45) is 0.791. The summed E-state index contributed by atoms with van der Waals surface area (Å²) in [7, 11) is 1.42. The van der Waals surface area contributed by atoms with Crippen molar-refractivity contribution in [3.63, 3.8) is 0 Å². The molecule has 0 saturated heterocycles. The lowest BCUT2D eigenvalue weighted by atomic mass is 10.1. The molecule has 3 rings (SSSR count). The van der Waals surface area contributed by atoms with Crippen LogP contribution in [0.1, 0.15) is 36.4 Å². The molecule has 1 fully saturated rings. The molecule has 1 aliphatic rings. The molecule has 0 heterocycles. The molecular weight excluding hydrogens is 329 g/mol. The number of amides is 1. The number of hydrogen-bond donors (Lipinski definition) is 1. The van der Waals surface area contributed by atoms with Crippen molar-refractivity contribution in [2.75, 3.05) is 7.11 Å². The first kappa shape index (κ1) is 16.8. The molecule has 0 radical (unpaired) electrons. The van der Waals surface area contributed by atoms with E-state index in [-0.39, 0.29) is 29.5 Å². The van der Waals surface area contributed by atoms with Crippen molar-refractivity contribution in [2.45, 2.75) is 25.3 Å². The van der Waals surface area contributed by atoms with Crippen molar-refractivity contribution in [2.24, 2.45) is 5.92 Å². The lowest BCUT2D eigenvalue weighted by Crippen LogP contribution is -2.28. The highest BCUT2D eigenvalue weighted by molar-refractivity contribution is 6.31. The Morgan fingerprint density at radius 1 is 1.33 bits per heavy atom. The number of ether oxygens (including phenoxy) is 1. The summed E-state index contributed by atoms with van der Waals surface area (Å²) in [5.74, 6) is -0.174. The van der Waals surface area contributed by atoms with Gasteiger partial charge in [-0.25, -0.2) is 4.39 Å². The molecule has 3 unspecified atom stereocenters. The predicted octanol–water partition coefficient (Wildman–Crippen LogP) is 4.47. The third kappa shape index (κ3) is 3.39. The van der Waals surface area contributed by atoms with E-state index in [1.807, 2.05) is 31.2 Å². The van der Waals surface area contributed by atoms with Crippen LogP contribution in [-0.4, -0.2) is 13.0 Å². The maximum atomic E-state index is 13.8. The summed E-state index contributed by atoms with van der Waals surface area (Å²) in [5, 5.41) is 3.65. The van der Waals surface area contributed by atoms with Crippen LogP contribution >= 0.6 is 11.6 Å². The Kier molecular flexibility index (Phi) is 4.76. The van der Waals surface area contributed by atoms with Crippen LogP contribution in [0.15, 0.2) is 42.5 Å². The molecule has 5 heteroatoms. The quantitative estimate of drug-likeness (QED) is 0.866. The van der Waals surface area contributed by atoms with Gasteiger partial charge in [0.25, 0.3) is 0 Å². The molecule has 1 N–H and O–H groups in total. The zero-order chi connectivity index (χ0) is 17.3. The van der Waals surface area contributed by atoms with Crippen LogP contribution in [0.25, 0.3) is 0 Å². The van der Waals surface area contributed by atoms with Crippen LogP contribution in [0.3, 0.4) is 0 Å². The van der Waals surface area contributed by atoms with Gasteiger partial charge in [-0.1, -0.05) is 35.9 Å². The van der Waals surface area contributed by atoms with E-state index in [9.17, 15) is 9.18 Å². The average Bonchev–Trinajstić information content (AvgIpc) is 3.35. The van der Waals surface area contributed by atoms with Crippen LogP contribution in [0.4, 0.5) is 4.39 Å².